The molecule has 32 heavy (non-hydrogen) atoms. The van der Waals surface area contributed by atoms with Crippen molar-refractivity contribution >= 4 is 21.4 Å². The van der Waals surface area contributed by atoms with Crippen LogP contribution in [0.1, 0.15) is 48.6 Å². The third kappa shape index (κ3) is 5.93. The van der Waals surface area contributed by atoms with E-state index in [0.717, 1.165) is 37.1 Å². The highest BCUT2D eigenvalue weighted by Gasteiger charge is 2.37. The molecule has 0 amide bonds. The fourth-order valence-corrected chi connectivity index (χ4v) is 6.23. The van der Waals surface area contributed by atoms with Crippen molar-refractivity contribution in [2.24, 2.45) is 7.05 Å². The maximum atomic E-state index is 11.9. The Bertz CT molecular complexity index is 994. The lowest BCUT2D eigenvalue weighted by Gasteiger charge is -2.46. The van der Waals surface area contributed by atoms with Crippen LogP contribution in [0, 0.1) is 6.92 Å². The van der Waals surface area contributed by atoms with Crippen LogP contribution in [0.15, 0.2) is 30.3 Å². The van der Waals surface area contributed by atoms with Gasteiger partial charge in [0.2, 0.25) is 0 Å². The van der Waals surface area contributed by atoms with E-state index in [4.69, 9.17) is 21.4 Å². The molecule has 2 atom stereocenters. The summed E-state index contributed by atoms with van der Waals surface area (Å²) in [5, 5.41) is 5.45. The van der Waals surface area contributed by atoms with Crippen LogP contribution in [0.3, 0.4) is 0 Å². The molecule has 1 aliphatic carbocycles. The summed E-state index contributed by atoms with van der Waals surface area (Å²) >= 11 is 6.06. The minimum atomic E-state index is -3.08. The van der Waals surface area contributed by atoms with E-state index >= 15 is 0 Å². The van der Waals surface area contributed by atoms with Gasteiger partial charge in [0.1, 0.15) is 9.84 Å². The first kappa shape index (κ1) is 23.7. The summed E-state index contributed by atoms with van der Waals surface area (Å²) in [6.07, 6.45) is 6.34. The Hall–Kier alpha value is -1.41. The summed E-state index contributed by atoms with van der Waals surface area (Å²) in [6.45, 7) is 3.32. The molecule has 0 radical (unpaired) electrons. The quantitative estimate of drug-likeness (QED) is 0.631. The standard InChI is InChI=1S/C24H34ClN3O3S/c1-17-12-24(26-27(17)2)19-6-10-21(11-7-19)28-14-23(16-32(3,29)30)31-15-22(28)13-18-4-8-20(25)9-5-18/h4-5,8-9,12,19,21-23H,6-7,10-11,13-16H2,1-3H3/t19-,21-,22-,23+/m0/s1. The fourth-order valence-electron chi connectivity index (χ4n) is 5.23. The van der Waals surface area contributed by atoms with Gasteiger partial charge < -0.3 is 4.74 Å². The molecular formula is C24H34ClN3O3S. The SMILES string of the molecule is Cc1cc([C@H]2CC[C@H](N3C[C@H](CS(C)(=O)=O)OC[C@@H]3Cc3ccc(Cl)cc3)CC2)nn1C. The fraction of sp³-hybridized carbons (Fsp3) is 0.625. The van der Waals surface area contributed by atoms with Crippen molar-refractivity contribution < 1.29 is 13.2 Å². The van der Waals surface area contributed by atoms with Crippen LogP contribution in [0.5, 0.6) is 0 Å². The topological polar surface area (TPSA) is 64.4 Å². The van der Waals surface area contributed by atoms with Gasteiger partial charge in [0.05, 0.1) is 24.2 Å². The molecule has 176 valence electrons. The summed E-state index contributed by atoms with van der Waals surface area (Å²) in [4.78, 5) is 2.54. The van der Waals surface area contributed by atoms with Gasteiger partial charge in [-0.3, -0.25) is 9.58 Å². The van der Waals surface area contributed by atoms with E-state index in [9.17, 15) is 8.42 Å². The molecule has 2 fully saturated rings. The van der Waals surface area contributed by atoms with Gasteiger partial charge in [-0.25, -0.2) is 8.42 Å². The number of hydrogen-bond donors (Lipinski definition) is 0. The van der Waals surface area contributed by atoms with Gasteiger partial charge >= 0.3 is 0 Å². The number of hydrogen-bond acceptors (Lipinski definition) is 5. The molecule has 1 saturated carbocycles. The van der Waals surface area contributed by atoms with Crippen LogP contribution >= 0.6 is 11.6 Å². The van der Waals surface area contributed by atoms with Crippen LogP contribution in [-0.4, -0.2) is 66.4 Å². The van der Waals surface area contributed by atoms with Crippen molar-refractivity contribution in [2.45, 2.75) is 63.1 Å². The second-order valence-corrected chi connectivity index (χ2v) is 12.2. The van der Waals surface area contributed by atoms with Gasteiger partial charge in [-0.15, -0.1) is 0 Å². The molecule has 1 saturated heterocycles. The Labute approximate surface area is 196 Å². The zero-order valence-corrected chi connectivity index (χ0v) is 20.8. The molecule has 2 aliphatic rings. The van der Waals surface area contributed by atoms with Gasteiger partial charge in [-0.05, 0) is 62.8 Å². The molecule has 8 heteroatoms. The third-order valence-corrected chi connectivity index (χ3v) is 8.23. The zero-order chi connectivity index (χ0) is 22.9. The summed E-state index contributed by atoms with van der Waals surface area (Å²) in [5.74, 6) is 0.591. The van der Waals surface area contributed by atoms with Crippen LogP contribution < -0.4 is 0 Å². The Morgan fingerprint density at radius 2 is 1.84 bits per heavy atom. The number of benzene rings is 1. The maximum Gasteiger partial charge on any atom is 0.150 e. The van der Waals surface area contributed by atoms with Crippen LogP contribution in [0.25, 0.3) is 0 Å². The molecule has 6 nitrogen and oxygen atoms in total. The second kappa shape index (κ2) is 9.84. The van der Waals surface area contributed by atoms with Crippen LogP contribution in [0.2, 0.25) is 5.02 Å². The first-order valence-corrected chi connectivity index (χ1v) is 13.9. The molecule has 0 unspecified atom stereocenters. The smallest absolute Gasteiger partial charge is 0.150 e. The average molecular weight is 480 g/mol. The van der Waals surface area contributed by atoms with Crippen molar-refractivity contribution in [1.29, 1.82) is 0 Å². The number of ether oxygens (including phenoxy) is 1. The van der Waals surface area contributed by atoms with Crippen molar-refractivity contribution in [1.82, 2.24) is 14.7 Å². The molecule has 0 N–H and O–H groups in total. The van der Waals surface area contributed by atoms with E-state index in [1.165, 1.54) is 23.2 Å². The van der Waals surface area contributed by atoms with Crippen molar-refractivity contribution in [3.63, 3.8) is 0 Å². The number of halogens is 1. The second-order valence-electron chi connectivity index (χ2n) is 9.57. The van der Waals surface area contributed by atoms with Gasteiger partial charge in [0.25, 0.3) is 0 Å². The summed E-state index contributed by atoms with van der Waals surface area (Å²) in [6, 6.07) is 10.9. The molecule has 0 spiro atoms. The first-order chi connectivity index (χ1) is 15.2. The number of aromatic nitrogens is 2. The summed E-state index contributed by atoms with van der Waals surface area (Å²) < 4.78 is 31.8. The van der Waals surface area contributed by atoms with E-state index in [1.54, 1.807) is 0 Å². The largest absolute Gasteiger partial charge is 0.374 e. The first-order valence-electron chi connectivity index (χ1n) is 11.5. The molecule has 1 aromatic heterocycles. The lowest BCUT2D eigenvalue weighted by atomic mass is 9.82. The van der Waals surface area contributed by atoms with Crippen LogP contribution in [0.4, 0.5) is 0 Å². The van der Waals surface area contributed by atoms with Crippen molar-refractivity contribution in [2.75, 3.05) is 25.2 Å². The molecule has 0 bridgehead atoms. The van der Waals surface area contributed by atoms with E-state index in [-0.39, 0.29) is 17.9 Å². The monoisotopic (exact) mass is 479 g/mol. The number of nitrogens with zero attached hydrogens (tertiary/aromatic N) is 3. The number of rotatable bonds is 6. The highest BCUT2D eigenvalue weighted by Crippen LogP contribution is 2.36. The molecule has 2 aromatic rings. The lowest BCUT2D eigenvalue weighted by Crippen LogP contribution is -2.56. The average Bonchev–Trinajstić information content (AvgIpc) is 3.08. The number of morpholine rings is 1. The lowest BCUT2D eigenvalue weighted by molar-refractivity contribution is -0.0755. The van der Waals surface area contributed by atoms with E-state index in [1.807, 2.05) is 23.9 Å². The van der Waals surface area contributed by atoms with E-state index in [0.29, 0.717) is 25.1 Å². The van der Waals surface area contributed by atoms with E-state index in [2.05, 4.69) is 30.0 Å². The van der Waals surface area contributed by atoms with Gasteiger partial charge in [0.15, 0.2) is 0 Å². The predicted octanol–water partition coefficient (Wildman–Crippen LogP) is 3.76. The normalized spacial score (nSPS) is 27.5. The Morgan fingerprint density at radius 1 is 1.16 bits per heavy atom. The maximum absolute atomic E-state index is 11.9. The molecule has 2 heterocycles. The highest BCUT2D eigenvalue weighted by atomic mass is 35.5. The third-order valence-electron chi connectivity index (χ3n) is 7.00. The zero-order valence-electron chi connectivity index (χ0n) is 19.2. The van der Waals surface area contributed by atoms with Gasteiger partial charge in [-0.2, -0.15) is 5.10 Å². The number of aryl methyl sites for hydroxylation is 2. The van der Waals surface area contributed by atoms with Crippen LogP contribution in [-0.2, 0) is 28.0 Å². The minimum Gasteiger partial charge on any atom is -0.374 e. The summed E-state index contributed by atoms with van der Waals surface area (Å²) in [7, 11) is -1.08. The molecular weight excluding hydrogens is 446 g/mol. The Morgan fingerprint density at radius 3 is 2.44 bits per heavy atom. The summed E-state index contributed by atoms with van der Waals surface area (Å²) in [5.41, 5.74) is 3.63. The van der Waals surface area contributed by atoms with Gasteiger partial charge in [0, 0.05) is 48.6 Å². The van der Waals surface area contributed by atoms with Crippen molar-refractivity contribution in [3.05, 3.63) is 52.3 Å². The Balaban J connectivity index is 1.46. The van der Waals surface area contributed by atoms with Crippen molar-refractivity contribution in [3.8, 4) is 0 Å². The predicted molar refractivity (Wildman–Crippen MR) is 128 cm³/mol. The molecule has 1 aromatic carbocycles. The number of sulfone groups is 1. The molecule has 4 rings (SSSR count). The molecule has 1 aliphatic heterocycles. The Kier molecular flexibility index (Phi) is 7.30. The van der Waals surface area contributed by atoms with Gasteiger partial charge in [-0.1, -0.05) is 23.7 Å². The highest BCUT2D eigenvalue weighted by molar-refractivity contribution is 7.90. The van der Waals surface area contributed by atoms with E-state index < -0.39 is 9.84 Å². The minimum absolute atomic E-state index is 0.0831.